The second-order valence-electron chi connectivity index (χ2n) is 5.01. The van der Waals surface area contributed by atoms with Crippen LogP contribution in [0.2, 0.25) is 0 Å². The Labute approximate surface area is 120 Å². The van der Waals surface area contributed by atoms with E-state index in [0.717, 1.165) is 0 Å². The molecule has 2 N–H and O–H groups in total. The quantitative estimate of drug-likeness (QED) is 0.565. The van der Waals surface area contributed by atoms with Gasteiger partial charge in [-0.05, 0) is 12.5 Å². The van der Waals surface area contributed by atoms with Gasteiger partial charge in [0, 0.05) is 12.6 Å². The van der Waals surface area contributed by atoms with Crippen molar-refractivity contribution in [3.05, 3.63) is 33.9 Å². The fraction of sp³-hybridized carbons (Fsp3) is 0.538. The van der Waals surface area contributed by atoms with Crippen LogP contribution in [0.3, 0.4) is 0 Å². The van der Waals surface area contributed by atoms with Gasteiger partial charge in [-0.25, -0.2) is 4.39 Å². The number of nitrogens with zero attached hydrogens (tertiary/aromatic N) is 1. The smallest absolute Gasteiger partial charge is 0.307 e. The number of benzene rings is 1. The van der Waals surface area contributed by atoms with Gasteiger partial charge < -0.3 is 15.2 Å². The van der Waals surface area contributed by atoms with Crippen molar-refractivity contribution in [2.24, 2.45) is 5.92 Å². The Morgan fingerprint density at radius 2 is 2.00 bits per heavy atom. The van der Waals surface area contributed by atoms with Crippen molar-refractivity contribution in [2.45, 2.75) is 20.0 Å². The summed E-state index contributed by atoms with van der Waals surface area (Å²) in [6.07, 6.45) is -0.901. The molecule has 0 fully saturated rings. The second-order valence-corrected chi connectivity index (χ2v) is 5.01. The van der Waals surface area contributed by atoms with Gasteiger partial charge in [0.15, 0.2) is 11.6 Å². The summed E-state index contributed by atoms with van der Waals surface area (Å²) in [6.45, 7) is 4.71. The summed E-state index contributed by atoms with van der Waals surface area (Å²) >= 11 is 0. The van der Waals surface area contributed by atoms with E-state index in [1.165, 1.54) is 0 Å². The van der Waals surface area contributed by atoms with E-state index in [2.05, 4.69) is 5.32 Å². The van der Waals surface area contributed by atoms with Gasteiger partial charge in [0.05, 0.1) is 11.0 Å². The molecule has 118 valence electrons. The Morgan fingerprint density at radius 1 is 1.33 bits per heavy atom. The van der Waals surface area contributed by atoms with E-state index in [9.17, 15) is 24.0 Å². The minimum atomic E-state index is -1.19. The zero-order valence-corrected chi connectivity index (χ0v) is 11.8. The highest BCUT2D eigenvalue weighted by molar-refractivity contribution is 5.39. The van der Waals surface area contributed by atoms with E-state index >= 15 is 0 Å². The molecule has 0 saturated carbocycles. The third kappa shape index (κ3) is 5.60. The van der Waals surface area contributed by atoms with Gasteiger partial charge in [-0.2, -0.15) is 4.39 Å². The van der Waals surface area contributed by atoms with Crippen molar-refractivity contribution in [3.63, 3.8) is 0 Å². The second kappa shape index (κ2) is 7.84. The predicted molar refractivity (Wildman–Crippen MR) is 72.2 cm³/mol. The lowest BCUT2D eigenvalue weighted by Crippen LogP contribution is -2.33. The van der Waals surface area contributed by atoms with E-state index < -0.39 is 34.1 Å². The van der Waals surface area contributed by atoms with E-state index in [1.54, 1.807) is 0 Å². The van der Waals surface area contributed by atoms with Crippen LogP contribution >= 0.6 is 0 Å². The first-order valence-electron chi connectivity index (χ1n) is 6.46. The molecule has 0 aliphatic heterocycles. The zero-order valence-electron chi connectivity index (χ0n) is 11.8. The van der Waals surface area contributed by atoms with E-state index in [-0.39, 0.29) is 13.2 Å². The summed E-state index contributed by atoms with van der Waals surface area (Å²) in [5, 5.41) is 23.0. The van der Waals surface area contributed by atoms with E-state index in [1.807, 2.05) is 13.8 Å². The summed E-state index contributed by atoms with van der Waals surface area (Å²) in [6, 6.07) is 1.05. The molecule has 0 aliphatic carbocycles. The Bertz CT molecular complexity index is 497. The van der Waals surface area contributed by atoms with Gasteiger partial charge in [0.1, 0.15) is 12.7 Å². The first-order chi connectivity index (χ1) is 9.81. The monoisotopic (exact) mass is 304 g/mol. The number of nitrogens with one attached hydrogen (secondary N) is 1. The number of rotatable bonds is 8. The van der Waals surface area contributed by atoms with Gasteiger partial charge in [0.2, 0.25) is 5.82 Å². The molecule has 0 aliphatic rings. The summed E-state index contributed by atoms with van der Waals surface area (Å²) in [5.41, 5.74) is -0.959. The fourth-order valence-electron chi connectivity index (χ4n) is 1.55. The Hall–Kier alpha value is -1.80. The number of hydrogen-bond acceptors (Lipinski definition) is 5. The zero-order chi connectivity index (χ0) is 16.0. The lowest BCUT2D eigenvalue weighted by molar-refractivity contribution is -0.387. The van der Waals surface area contributed by atoms with Crippen molar-refractivity contribution >= 4 is 5.69 Å². The van der Waals surface area contributed by atoms with Crippen LogP contribution in [-0.4, -0.2) is 35.8 Å². The highest BCUT2D eigenvalue weighted by atomic mass is 19.1. The Kier molecular flexibility index (Phi) is 6.44. The van der Waals surface area contributed by atoms with Crippen LogP contribution in [0.4, 0.5) is 14.5 Å². The first-order valence-corrected chi connectivity index (χ1v) is 6.46. The van der Waals surface area contributed by atoms with E-state index in [0.29, 0.717) is 24.6 Å². The lowest BCUT2D eigenvalue weighted by atomic mass is 10.2. The average Bonchev–Trinajstić information content (AvgIpc) is 2.38. The third-order valence-corrected chi connectivity index (χ3v) is 2.56. The molecule has 1 aromatic carbocycles. The first kappa shape index (κ1) is 17.3. The highest BCUT2D eigenvalue weighted by Crippen LogP contribution is 2.26. The molecule has 0 bridgehead atoms. The number of nitro groups is 1. The molecule has 0 heterocycles. The number of halogens is 2. The van der Waals surface area contributed by atoms with Crippen molar-refractivity contribution in [1.82, 2.24) is 5.32 Å². The molecular weight excluding hydrogens is 286 g/mol. The van der Waals surface area contributed by atoms with E-state index in [4.69, 9.17) is 4.74 Å². The standard InChI is InChI=1S/C13H18F2N2O4/c1-8(2)5-16-6-9(18)7-21-13-4-10(14)12(17(19)20)3-11(13)15/h3-4,8-9,16,18H,5-7H2,1-2H3. The molecule has 0 radical (unpaired) electrons. The van der Waals surface area contributed by atoms with Gasteiger partial charge >= 0.3 is 5.69 Å². The number of aliphatic hydroxyl groups is 1. The summed E-state index contributed by atoms with van der Waals surface area (Å²) < 4.78 is 31.8. The van der Waals surface area contributed by atoms with Crippen LogP contribution < -0.4 is 10.1 Å². The topological polar surface area (TPSA) is 84.6 Å². The maximum absolute atomic E-state index is 13.5. The van der Waals surface area contributed by atoms with Crippen molar-refractivity contribution in [2.75, 3.05) is 19.7 Å². The normalized spacial score (nSPS) is 12.5. The molecule has 1 atom stereocenters. The van der Waals surface area contributed by atoms with Crippen molar-refractivity contribution in [1.29, 1.82) is 0 Å². The molecule has 0 spiro atoms. The molecule has 8 heteroatoms. The van der Waals surface area contributed by atoms with Gasteiger partial charge in [-0.15, -0.1) is 0 Å². The van der Waals surface area contributed by atoms with Crippen LogP contribution in [0.25, 0.3) is 0 Å². The minimum absolute atomic E-state index is 0.245. The summed E-state index contributed by atoms with van der Waals surface area (Å²) in [7, 11) is 0. The molecule has 1 rings (SSSR count). The highest BCUT2D eigenvalue weighted by Gasteiger charge is 2.19. The maximum atomic E-state index is 13.5. The number of ether oxygens (including phenoxy) is 1. The predicted octanol–water partition coefficient (Wildman–Crippen LogP) is 1.86. The molecule has 21 heavy (non-hydrogen) atoms. The maximum Gasteiger partial charge on any atom is 0.307 e. The minimum Gasteiger partial charge on any atom is -0.488 e. The third-order valence-electron chi connectivity index (χ3n) is 2.56. The molecule has 0 amide bonds. The van der Waals surface area contributed by atoms with Gasteiger partial charge in [-0.1, -0.05) is 13.8 Å². The molecule has 1 aromatic rings. The Morgan fingerprint density at radius 3 is 2.57 bits per heavy atom. The molecule has 1 unspecified atom stereocenters. The van der Waals surface area contributed by atoms with Crippen molar-refractivity contribution in [3.8, 4) is 5.75 Å². The van der Waals surface area contributed by atoms with Crippen LogP contribution in [0.15, 0.2) is 12.1 Å². The average molecular weight is 304 g/mol. The van der Waals surface area contributed by atoms with Crippen LogP contribution in [0.5, 0.6) is 5.75 Å². The largest absolute Gasteiger partial charge is 0.488 e. The SMILES string of the molecule is CC(C)CNCC(O)COc1cc(F)c([N+](=O)[O-])cc1F. The fourth-order valence-corrected chi connectivity index (χ4v) is 1.55. The molecular formula is C13H18F2N2O4. The summed E-state index contributed by atoms with van der Waals surface area (Å²) in [5.74, 6) is -2.30. The lowest BCUT2D eigenvalue weighted by Gasteiger charge is -2.14. The van der Waals surface area contributed by atoms with Gasteiger partial charge in [0.25, 0.3) is 0 Å². The van der Waals surface area contributed by atoms with Gasteiger partial charge in [-0.3, -0.25) is 10.1 Å². The molecule has 0 aromatic heterocycles. The van der Waals surface area contributed by atoms with Crippen LogP contribution in [0, 0.1) is 27.7 Å². The number of aliphatic hydroxyl groups excluding tert-OH is 1. The number of nitro benzene ring substituents is 1. The van der Waals surface area contributed by atoms with Crippen molar-refractivity contribution < 1.29 is 23.5 Å². The van der Waals surface area contributed by atoms with Crippen LogP contribution in [0.1, 0.15) is 13.8 Å². The van der Waals surface area contributed by atoms with Crippen LogP contribution in [-0.2, 0) is 0 Å². The molecule has 0 saturated heterocycles. The number of hydrogen-bond donors (Lipinski definition) is 2. The summed E-state index contributed by atoms with van der Waals surface area (Å²) in [4.78, 5) is 9.41. The Balaban J connectivity index is 2.55. The molecule has 6 nitrogen and oxygen atoms in total.